The molecule has 17 heavy (non-hydrogen) atoms. The van der Waals surface area contributed by atoms with E-state index in [4.69, 9.17) is 0 Å². The number of benzene rings is 1. The minimum absolute atomic E-state index is 0.415. The molecule has 1 N–H and O–H groups in total. The van der Waals surface area contributed by atoms with Crippen LogP contribution in [-0.2, 0) is 0 Å². The van der Waals surface area contributed by atoms with Crippen LogP contribution in [0, 0.1) is 0 Å². The molecule has 1 unspecified atom stereocenters. The zero-order valence-electron chi connectivity index (χ0n) is 10.2. The molecule has 4 heteroatoms. The lowest BCUT2D eigenvalue weighted by Crippen LogP contribution is -2.19. The lowest BCUT2D eigenvalue weighted by molar-refractivity contribution is 0.903. The fourth-order valence-electron chi connectivity index (χ4n) is 1.69. The van der Waals surface area contributed by atoms with Crippen molar-refractivity contribution in [3.05, 3.63) is 30.6 Å². The van der Waals surface area contributed by atoms with E-state index in [9.17, 15) is 0 Å². The molecule has 0 aliphatic carbocycles. The van der Waals surface area contributed by atoms with E-state index in [0.29, 0.717) is 6.04 Å². The van der Waals surface area contributed by atoms with Crippen molar-refractivity contribution >= 4 is 28.5 Å². The van der Waals surface area contributed by atoms with Crippen LogP contribution in [0.4, 0.5) is 5.82 Å². The van der Waals surface area contributed by atoms with Crippen LogP contribution in [0.3, 0.4) is 0 Å². The van der Waals surface area contributed by atoms with Crippen LogP contribution in [0.15, 0.2) is 30.6 Å². The Balaban J connectivity index is 2.18. The summed E-state index contributed by atoms with van der Waals surface area (Å²) in [6, 6.07) is 8.49. The van der Waals surface area contributed by atoms with Crippen molar-refractivity contribution in [2.75, 3.05) is 16.8 Å². The van der Waals surface area contributed by atoms with E-state index in [1.54, 1.807) is 6.33 Å². The molecule has 0 fully saturated rings. The second-order valence-electron chi connectivity index (χ2n) is 3.94. The van der Waals surface area contributed by atoms with Gasteiger partial charge in [0.1, 0.15) is 12.1 Å². The van der Waals surface area contributed by atoms with E-state index in [0.717, 1.165) is 28.2 Å². The Morgan fingerprint density at radius 1 is 1.29 bits per heavy atom. The minimum Gasteiger partial charge on any atom is -0.366 e. The predicted molar refractivity (Wildman–Crippen MR) is 75.6 cm³/mol. The summed E-state index contributed by atoms with van der Waals surface area (Å²) in [7, 11) is 0. The molecule has 90 valence electrons. The average molecular weight is 247 g/mol. The van der Waals surface area contributed by atoms with Gasteiger partial charge in [0.15, 0.2) is 0 Å². The molecule has 2 rings (SSSR count). The van der Waals surface area contributed by atoms with Gasteiger partial charge in [-0.05, 0) is 24.8 Å². The van der Waals surface area contributed by atoms with Crippen LogP contribution in [-0.4, -0.2) is 27.5 Å². The lowest BCUT2D eigenvalue weighted by atomic mass is 10.2. The number of fused-ring (bicyclic) bond motifs is 1. The molecule has 1 heterocycles. The smallest absolute Gasteiger partial charge is 0.137 e. The summed E-state index contributed by atoms with van der Waals surface area (Å²) in [5, 5.41) is 4.53. The van der Waals surface area contributed by atoms with Gasteiger partial charge in [-0.1, -0.05) is 19.1 Å². The average Bonchev–Trinajstić information content (AvgIpc) is 2.37. The van der Waals surface area contributed by atoms with Crippen LogP contribution in [0.2, 0.25) is 0 Å². The quantitative estimate of drug-likeness (QED) is 0.880. The first-order valence-corrected chi connectivity index (χ1v) is 7.00. The number of hydrogen-bond donors (Lipinski definition) is 1. The van der Waals surface area contributed by atoms with E-state index in [1.165, 1.54) is 0 Å². The second-order valence-corrected chi connectivity index (χ2v) is 5.26. The van der Waals surface area contributed by atoms with Crippen molar-refractivity contribution in [1.82, 2.24) is 9.97 Å². The van der Waals surface area contributed by atoms with Crippen LogP contribution in [0.1, 0.15) is 13.8 Å². The summed E-state index contributed by atoms with van der Waals surface area (Å²) in [4.78, 5) is 8.58. The molecule has 1 aromatic heterocycles. The number of nitrogens with zero attached hydrogens (tertiary/aromatic N) is 2. The van der Waals surface area contributed by atoms with Gasteiger partial charge in [-0.3, -0.25) is 0 Å². The third-order valence-electron chi connectivity index (χ3n) is 2.50. The van der Waals surface area contributed by atoms with E-state index < -0.39 is 0 Å². The van der Waals surface area contributed by atoms with Gasteiger partial charge >= 0.3 is 0 Å². The second kappa shape index (κ2) is 5.87. The summed E-state index contributed by atoms with van der Waals surface area (Å²) >= 11 is 1.93. The predicted octanol–water partition coefficient (Wildman–Crippen LogP) is 3.18. The Labute approximate surface area is 106 Å². The molecular formula is C13H17N3S. The highest BCUT2D eigenvalue weighted by Gasteiger charge is 2.06. The van der Waals surface area contributed by atoms with Crippen molar-refractivity contribution in [2.45, 2.75) is 19.9 Å². The van der Waals surface area contributed by atoms with Gasteiger partial charge in [-0.2, -0.15) is 11.8 Å². The summed E-state index contributed by atoms with van der Waals surface area (Å²) in [6.45, 7) is 4.36. The zero-order chi connectivity index (χ0) is 12.1. The molecule has 2 aromatic rings. The molecule has 0 bridgehead atoms. The monoisotopic (exact) mass is 247 g/mol. The zero-order valence-corrected chi connectivity index (χ0v) is 11.0. The molecule has 0 amide bonds. The highest BCUT2D eigenvalue weighted by molar-refractivity contribution is 7.99. The first-order chi connectivity index (χ1) is 8.31. The van der Waals surface area contributed by atoms with Crippen molar-refractivity contribution in [3.8, 4) is 0 Å². The number of anilines is 1. The van der Waals surface area contributed by atoms with Crippen molar-refractivity contribution in [3.63, 3.8) is 0 Å². The minimum atomic E-state index is 0.415. The molecule has 0 aliphatic heterocycles. The molecule has 1 aromatic carbocycles. The molecule has 0 spiro atoms. The number of rotatable bonds is 5. The highest BCUT2D eigenvalue weighted by atomic mass is 32.2. The summed E-state index contributed by atoms with van der Waals surface area (Å²) < 4.78 is 0. The molecule has 3 nitrogen and oxygen atoms in total. The largest absolute Gasteiger partial charge is 0.366 e. The summed E-state index contributed by atoms with van der Waals surface area (Å²) in [5.74, 6) is 3.17. The van der Waals surface area contributed by atoms with Gasteiger partial charge in [-0.15, -0.1) is 0 Å². The Bertz CT molecular complexity index is 482. The van der Waals surface area contributed by atoms with Crippen molar-refractivity contribution in [2.24, 2.45) is 0 Å². The van der Waals surface area contributed by atoms with Gasteiger partial charge in [0, 0.05) is 17.2 Å². The summed E-state index contributed by atoms with van der Waals surface area (Å²) in [6.07, 6.45) is 1.62. The maximum absolute atomic E-state index is 4.32. The van der Waals surface area contributed by atoms with Gasteiger partial charge in [0.25, 0.3) is 0 Å². The maximum Gasteiger partial charge on any atom is 0.137 e. The molecule has 0 saturated carbocycles. The first-order valence-electron chi connectivity index (χ1n) is 5.85. The van der Waals surface area contributed by atoms with Crippen LogP contribution >= 0.6 is 11.8 Å². The van der Waals surface area contributed by atoms with Gasteiger partial charge < -0.3 is 5.32 Å². The molecule has 1 atom stereocenters. The summed E-state index contributed by atoms with van der Waals surface area (Å²) in [5.41, 5.74) is 0.986. The Morgan fingerprint density at radius 2 is 2.12 bits per heavy atom. The highest BCUT2D eigenvalue weighted by Crippen LogP contribution is 2.19. The molecule has 0 saturated heterocycles. The van der Waals surface area contributed by atoms with E-state index in [2.05, 4.69) is 35.2 Å². The van der Waals surface area contributed by atoms with Gasteiger partial charge in [0.2, 0.25) is 0 Å². The van der Waals surface area contributed by atoms with E-state index in [-0.39, 0.29) is 0 Å². The van der Waals surface area contributed by atoms with E-state index in [1.807, 2.05) is 30.0 Å². The maximum atomic E-state index is 4.32. The van der Waals surface area contributed by atoms with Crippen LogP contribution in [0.25, 0.3) is 10.9 Å². The first kappa shape index (κ1) is 12.2. The van der Waals surface area contributed by atoms with Gasteiger partial charge in [-0.25, -0.2) is 9.97 Å². The Hall–Kier alpha value is -1.29. The lowest BCUT2D eigenvalue weighted by Gasteiger charge is -2.14. The SMILES string of the molecule is CCSCC(C)Nc1ncnc2ccccc12. The van der Waals surface area contributed by atoms with Crippen molar-refractivity contribution in [1.29, 1.82) is 0 Å². The number of hydrogen-bond acceptors (Lipinski definition) is 4. The molecular weight excluding hydrogens is 230 g/mol. The Kier molecular flexibility index (Phi) is 4.20. The topological polar surface area (TPSA) is 37.8 Å². The fourth-order valence-corrected chi connectivity index (χ4v) is 2.36. The number of thioether (sulfide) groups is 1. The number of nitrogens with one attached hydrogen (secondary N) is 1. The van der Waals surface area contributed by atoms with Crippen LogP contribution < -0.4 is 5.32 Å². The fraction of sp³-hybridized carbons (Fsp3) is 0.385. The Morgan fingerprint density at radius 3 is 2.94 bits per heavy atom. The number of para-hydroxylation sites is 1. The number of aromatic nitrogens is 2. The third-order valence-corrected chi connectivity index (χ3v) is 3.64. The normalized spacial score (nSPS) is 12.6. The van der Waals surface area contributed by atoms with Gasteiger partial charge in [0.05, 0.1) is 5.52 Å². The van der Waals surface area contributed by atoms with Crippen LogP contribution in [0.5, 0.6) is 0 Å². The van der Waals surface area contributed by atoms with E-state index >= 15 is 0 Å². The third kappa shape index (κ3) is 3.09. The molecule has 0 aliphatic rings. The van der Waals surface area contributed by atoms with Crippen molar-refractivity contribution < 1.29 is 0 Å². The standard InChI is InChI=1S/C13H17N3S/c1-3-17-8-10(2)16-13-11-6-4-5-7-12(11)14-9-15-13/h4-7,9-10H,3,8H2,1-2H3,(H,14,15,16). The molecule has 0 radical (unpaired) electrons.